The highest BCUT2D eigenvalue weighted by Gasteiger charge is 2.65. The molecule has 32 heavy (non-hydrogen) atoms. The zero-order chi connectivity index (χ0) is 23.5. The summed E-state index contributed by atoms with van der Waals surface area (Å²) < 4.78 is 36.6. The van der Waals surface area contributed by atoms with Crippen molar-refractivity contribution in [3.05, 3.63) is 23.5 Å². The van der Waals surface area contributed by atoms with Crippen LogP contribution < -0.4 is 0 Å². The van der Waals surface area contributed by atoms with Crippen LogP contribution in [0.3, 0.4) is 0 Å². The number of carbonyl (C=O) groups excluding carboxylic acids is 1. The second-order valence-corrected chi connectivity index (χ2v) is 16.0. The number of hydrogen-bond donors (Lipinski definition) is 0. The van der Waals surface area contributed by atoms with Crippen LogP contribution in [0.1, 0.15) is 47.5 Å². The van der Waals surface area contributed by atoms with E-state index < -0.39 is 38.5 Å². The summed E-state index contributed by atoms with van der Waals surface area (Å²) in [5, 5.41) is 0.0308. The lowest BCUT2D eigenvalue weighted by Crippen LogP contribution is -2.45. The van der Waals surface area contributed by atoms with Crippen LogP contribution in [-0.4, -0.2) is 64.3 Å². The van der Waals surface area contributed by atoms with Gasteiger partial charge in [0.05, 0.1) is 25.4 Å². The fraction of sp³-hybridized carbons (Fsp3) is 0.792. The summed E-state index contributed by atoms with van der Waals surface area (Å²) in [5.41, 5.74) is 1.05. The number of Topliss-reactive ketones (excluding diaryl/α,β-unsaturated/α-hetero) is 1. The van der Waals surface area contributed by atoms with Crippen LogP contribution in [0.2, 0.25) is 18.1 Å². The molecule has 1 saturated carbocycles. The Labute approximate surface area is 192 Å². The standard InChI is InChI=1S/C24H38O7Si/c1-23(2,3)32(7,8)27-13-16(25)17-18-20(21-19(17)30-24(4,5)31-21)29-22(28-18)14-9-11-15(26-6)12-10-14/h9,11,17-22H,10,12-13H2,1-8H3/t17-,18-,19-,20-,21-,22?/m0/s1. The average molecular weight is 467 g/mol. The third-order valence-electron chi connectivity index (χ3n) is 7.54. The summed E-state index contributed by atoms with van der Waals surface area (Å²) in [7, 11) is -0.377. The minimum Gasteiger partial charge on any atom is -0.501 e. The molecule has 4 rings (SSSR count). The third kappa shape index (κ3) is 4.37. The number of fused-ring (bicyclic) bond motifs is 3. The average Bonchev–Trinajstić information content (AvgIpc) is 3.33. The first-order valence-corrected chi connectivity index (χ1v) is 14.5. The Morgan fingerprint density at radius 2 is 1.72 bits per heavy atom. The van der Waals surface area contributed by atoms with Crippen LogP contribution >= 0.6 is 0 Å². The lowest BCUT2D eigenvalue weighted by atomic mass is 9.98. The van der Waals surface area contributed by atoms with Crippen molar-refractivity contribution >= 4 is 14.1 Å². The topological polar surface area (TPSA) is 72.5 Å². The van der Waals surface area contributed by atoms with Gasteiger partial charge in [-0.25, -0.2) is 0 Å². The summed E-state index contributed by atoms with van der Waals surface area (Å²) in [5.74, 6) is -0.296. The molecule has 1 unspecified atom stereocenters. The number of ether oxygens (including phenoxy) is 5. The fourth-order valence-corrected chi connectivity index (χ4v) is 5.60. The number of rotatable bonds is 6. The van der Waals surface area contributed by atoms with E-state index in [0.717, 1.165) is 24.2 Å². The Balaban J connectivity index is 1.52. The Bertz CT molecular complexity index is 810. The SMILES string of the molecule is COC1=CC=C(C2O[C@@H]3[C@H]4OC(C)(C)O[C@H]4[C@@H](C(=O)CO[Si](C)(C)C(C)(C)C)[C@@H]3O2)CC1. The molecule has 180 valence electrons. The molecule has 0 aromatic carbocycles. The van der Waals surface area contributed by atoms with Crippen molar-refractivity contribution in [2.45, 2.75) is 102 Å². The molecule has 2 heterocycles. The predicted molar refractivity (Wildman–Crippen MR) is 121 cm³/mol. The number of ketones is 1. The Kier molecular flexibility index (Phi) is 6.27. The molecule has 8 heteroatoms. The monoisotopic (exact) mass is 466 g/mol. The summed E-state index contributed by atoms with van der Waals surface area (Å²) in [4.78, 5) is 13.5. The number of allylic oxidation sites excluding steroid dienone is 3. The molecule has 0 spiro atoms. The molecule has 2 saturated heterocycles. The van der Waals surface area contributed by atoms with E-state index in [-0.39, 0.29) is 29.6 Å². The van der Waals surface area contributed by atoms with Gasteiger partial charge in [0.15, 0.2) is 26.2 Å². The molecule has 0 aromatic heterocycles. The fourth-order valence-electron chi connectivity index (χ4n) is 4.67. The van der Waals surface area contributed by atoms with E-state index in [9.17, 15) is 4.79 Å². The van der Waals surface area contributed by atoms with E-state index in [1.54, 1.807) is 7.11 Å². The van der Waals surface area contributed by atoms with Crippen molar-refractivity contribution in [3.8, 4) is 0 Å². The van der Waals surface area contributed by atoms with Crippen LogP contribution in [0.4, 0.5) is 0 Å². The minimum absolute atomic E-state index is 0.00191. The molecule has 2 aliphatic heterocycles. The first kappa shape index (κ1) is 24.1. The minimum atomic E-state index is -2.06. The Morgan fingerprint density at radius 3 is 2.31 bits per heavy atom. The van der Waals surface area contributed by atoms with Crippen LogP contribution in [0.15, 0.2) is 23.5 Å². The summed E-state index contributed by atoms with van der Waals surface area (Å²) in [6.45, 7) is 14.6. The van der Waals surface area contributed by atoms with Gasteiger partial charge in [0, 0.05) is 6.42 Å². The van der Waals surface area contributed by atoms with Gasteiger partial charge in [0.1, 0.15) is 24.4 Å². The maximum Gasteiger partial charge on any atom is 0.192 e. The van der Waals surface area contributed by atoms with Gasteiger partial charge in [-0.1, -0.05) is 26.8 Å². The highest BCUT2D eigenvalue weighted by Crippen LogP contribution is 2.49. The Morgan fingerprint density at radius 1 is 1.06 bits per heavy atom. The molecule has 2 aliphatic carbocycles. The first-order valence-electron chi connectivity index (χ1n) is 11.6. The van der Waals surface area contributed by atoms with Crippen molar-refractivity contribution in [3.63, 3.8) is 0 Å². The van der Waals surface area contributed by atoms with Crippen molar-refractivity contribution < 1.29 is 32.9 Å². The molecule has 0 aromatic rings. The van der Waals surface area contributed by atoms with E-state index in [0.29, 0.717) is 0 Å². The van der Waals surface area contributed by atoms with Crippen molar-refractivity contribution in [2.24, 2.45) is 5.92 Å². The maximum atomic E-state index is 13.5. The molecule has 6 atom stereocenters. The zero-order valence-electron chi connectivity index (χ0n) is 20.6. The van der Waals surface area contributed by atoms with Gasteiger partial charge in [0.25, 0.3) is 0 Å². The van der Waals surface area contributed by atoms with Crippen LogP contribution in [0.5, 0.6) is 0 Å². The van der Waals surface area contributed by atoms with E-state index >= 15 is 0 Å². The van der Waals surface area contributed by atoms with E-state index in [1.165, 1.54) is 0 Å². The molecule has 0 amide bonds. The van der Waals surface area contributed by atoms with Gasteiger partial charge >= 0.3 is 0 Å². The highest BCUT2D eigenvalue weighted by molar-refractivity contribution is 6.74. The zero-order valence-corrected chi connectivity index (χ0v) is 21.6. The molecule has 4 aliphatic rings. The van der Waals surface area contributed by atoms with E-state index in [1.807, 2.05) is 26.0 Å². The van der Waals surface area contributed by atoms with Crippen molar-refractivity contribution in [2.75, 3.05) is 13.7 Å². The summed E-state index contributed by atoms with van der Waals surface area (Å²) in [6, 6.07) is 0. The molecular formula is C24H38O7Si. The Hall–Kier alpha value is -1.03. The van der Waals surface area contributed by atoms with Crippen LogP contribution in [0.25, 0.3) is 0 Å². The molecule has 3 fully saturated rings. The molecular weight excluding hydrogens is 428 g/mol. The quantitative estimate of drug-likeness (QED) is 0.546. The molecule has 0 bridgehead atoms. The summed E-state index contributed by atoms with van der Waals surface area (Å²) in [6.07, 6.45) is 3.60. The van der Waals surface area contributed by atoms with E-state index in [2.05, 4.69) is 33.9 Å². The largest absolute Gasteiger partial charge is 0.501 e. The van der Waals surface area contributed by atoms with Crippen molar-refractivity contribution in [1.29, 1.82) is 0 Å². The number of hydrogen-bond acceptors (Lipinski definition) is 7. The molecule has 7 nitrogen and oxygen atoms in total. The second kappa shape index (κ2) is 8.32. The van der Waals surface area contributed by atoms with Gasteiger partial charge < -0.3 is 28.1 Å². The van der Waals surface area contributed by atoms with Gasteiger partial charge in [0.2, 0.25) is 0 Å². The second-order valence-electron chi connectivity index (χ2n) is 11.2. The first-order chi connectivity index (χ1) is 14.8. The lowest BCUT2D eigenvalue weighted by molar-refractivity contribution is -0.172. The van der Waals surface area contributed by atoms with Crippen LogP contribution in [-0.2, 0) is 32.9 Å². The van der Waals surface area contributed by atoms with Gasteiger partial charge in [-0.05, 0) is 50.0 Å². The predicted octanol–water partition coefficient (Wildman–Crippen LogP) is 4.09. The van der Waals surface area contributed by atoms with Crippen molar-refractivity contribution in [1.82, 2.24) is 0 Å². The molecule has 0 radical (unpaired) electrons. The van der Waals surface area contributed by atoms with Gasteiger partial charge in [-0.2, -0.15) is 0 Å². The number of methoxy groups -OCH3 is 1. The lowest BCUT2D eigenvalue weighted by Gasteiger charge is -2.36. The number of carbonyl (C=O) groups is 1. The summed E-state index contributed by atoms with van der Waals surface area (Å²) >= 11 is 0. The maximum absolute atomic E-state index is 13.5. The molecule has 0 N–H and O–H groups in total. The highest BCUT2D eigenvalue weighted by atomic mass is 28.4. The smallest absolute Gasteiger partial charge is 0.192 e. The van der Waals surface area contributed by atoms with E-state index in [4.69, 9.17) is 28.1 Å². The normalized spacial score (nSPS) is 36.4. The third-order valence-corrected chi connectivity index (χ3v) is 12.0. The van der Waals surface area contributed by atoms with Gasteiger partial charge in [-0.15, -0.1) is 0 Å². The van der Waals surface area contributed by atoms with Gasteiger partial charge in [-0.3, -0.25) is 4.79 Å². The van der Waals surface area contributed by atoms with Crippen LogP contribution in [0, 0.1) is 5.92 Å².